The van der Waals surface area contributed by atoms with Crippen LogP contribution in [0, 0.1) is 20.8 Å². The maximum absolute atomic E-state index is 13.4. The van der Waals surface area contributed by atoms with Gasteiger partial charge in [0.2, 0.25) is 5.91 Å². The highest BCUT2D eigenvalue weighted by molar-refractivity contribution is 5.91. The number of aryl methyl sites for hydroxylation is 4. The molecule has 0 saturated heterocycles. The Morgan fingerprint density at radius 2 is 1.86 bits per heavy atom. The fourth-order valence-corrected chi connectivity index (χ4v) is 3.14. The summed E-state index contributed by atoms with van der Waals surface area (Å²) >= 11 is 0. The maximum Gasteiger partial charge on any atom is 0.417 e. The molecule has 0 bridgehead atoms. The summed E-state index contributed by atoms with van der Waals surface area (Å²) in [5.41, 5.74) is 0.520. The van der Waals surface area contributed by atoms with Crippen LogP contribution in [0.2, 0.25) is 0 Å². The molecule has 0 spiro atoms. The number of nitrogens with one attached hydrogen (secondary N) is 1. The van der Waals surface area contributed by atoms with E-state index in [0.717, 1.165) is 24.7 Å². The van der Waals surface area contributed by atoms with Gasteiger partial charge in [0.15, 0.2) is 11.5 Å². The van der Waals surface area contributed by atoms with E-state index in [4.69, 9.17) is 0 Å². The minimum atomic E-state index is -4.53. The van der Waals surface area contributed by atoms with Crippen LogP contribution in [0.5, 0.6) is 0 Å². The zero-order valence-electron chi connectivity index (χ0n) is 16.1. The van der Waals surface area contributed by atoms with Gasteiger partial charge in [-0.05, 0) is 33.3 Å². The Balaban J connectivity index is 1.89. The van der Waals surface area contributed by atoms with Crippen LogP contribution in [0.25, 0.3) is 11.0 Å². The van der Waals surface area contributed by atoms with Crippen LogP contribution in [0.4, 0.5) is 19.0 Å². The number of anilines is 1. The molecule has 0 aromatic carbocycles. The fourth-order valence-electron chi connectivity index (χ4n) is 3.14. The lowest BCUT2D eigenvalue weighted by molar-refractivity contribution is -0.136. The highest BCUT2D eigenvalue weighted by Crippen LogP contribution is 2.36. The molecule has 3 aromatic rings. The van der Waals surface area contributed by atoms with Crippen LogP contribution in [0.15, 0.2) is 12.1 Å². The molecule has 3 aromatic heterocycles. The largest absolute Gasteiger partial charge is 0.417 e. The molecule has 0 atom stereocenters. The first kappa shape index (κ1) is 19.8. The molecular weight excluding hydrogens is 373 g/mol. The molecule has 0 unspecified atom stereocenters. The smallest absolute Gasteiger partial charge is 0.308 e. The molecule has 0 radical (unpaired) electrons. The number of fused-ring (bicyclic) bond motifs is 1. The van der Waals surface area contributed by atoms with Gasteiger partial charge in [0, 0.05) is 24.0 Å². The first-order valence-corrected chi connectivity index (χ1v) is 8.86. The second-order valence-corrected chi connectivity index (χ2v) is 6.69. The minimum Gasteiger partial charge on any atom is -0.308 e. The number of carbonyl (C=O) groups excluding carboxylic acids is 1. The maximum atomic E-state index is 13.4. The van der Waals surface area contributed by atoms with E-state index in [0.29, 0.717) is 5.82 Å². The van der Waals surface area contributed by atoms with Crippen LogP contribution in [-0.2, 0) is 24.1 Å². The summed E-state index contributed by atoms with van der Waals surface area (Å²) in [5.74, 6) is -0.0494. The van der Waals surface area contributed by atoms with E-state index in [2.05, 4.69) is 20.5 Å². The van der Waals surface area contributed by atoms with E-state index >= 15 is 0 Å². The van der Waals surface area contributed by atoms with Crippen molar-refractivity contribution in [3.05, 3.63) is 34.8 Å². The fraction of sp³-hybridized carbons (Fsp3) is 0.444. The van der Waals surface area contributed by atoms with Gasteiger partial charge in [-0.25, -0.2) is 9.67 Å². The van der Waals surface area contributed by atoms with E-state index in [1.165, 1.54) is 18.5 Å². The average Bonchev–Trinajstić information content (AvgIpc) is 3.06. The molecule has 0 aliphatic rings. The lowest BCUT2D eigenvalue weighted by Crippen LogP contribution is -2.20. The number of rotatable bonds is 5. The van der Waals surface area contributed by atoms with E-state index < -0.39 is 17.6 Å². The van der Waals surface area contributed by atoms with Gasteiger partial charge in [-0.3, -0.25) is 9.48 Å². The quantitative estimate of drug-likeness (QED) is 0.717. The SMILES string of the molecule is CCCn1nc(NC(=O)Cn2nc(C)c3c(C(F)(F)F)cc(C)nc32)cc1C. The van der Waals surface area contributed by atoms with Crippen molar-refractivity contribution in [1.82, 2.24) is 24.5 Å². The molecule has 1 amide bonds. The number of amides is 1. The lowest BCUT2D eigenvalue weighted by atomic mass is 10.1. The molecule has 150 valence electrons. The number of pyridine rings is 1. The number of carbonyl (C=O) groups is 1. The topological polar surface area (TPSA) is 77.6 Å². The molecule has 10 heteroatoms. The standard InChI is InChI=1S/C18H21F3N6O/c1-5-6-26-11(3)8-14(25-26)23-15(28)9-27-17-16(12(4)24-27)13(18(19,20)21)7-10(2)22-17/h7-8H,5-6,9H2,1-4H3,(H,23,25,28). The van der Waals surface area contributed by atoms with Crippen molar-refractivity contribution < 1.29 is 18.0 Å². The molecule has 0 aliphatic carbocycles. The number of aromatic nitrogens is 5. The predicted octanol–water partition coefficient (Wildman–Crippen LogP) is 3.62. The van der Waals surface area contributed by atoms with Gasteiger partial charge in [-0.2, -0.15) is 23.4 Å². The number of hydrogen-bond acceptors (Lipinski definition) is 4. The predicted molar refractivity (Wildman–Crippen MR) is 97.9 cm³/mol. The summed E-state index contributed by atoms with van der Waals surface area (Å²) in [4.78, 5) is 16.6. The van der Waals surface area contributed by atoms with Crippen LogP contribution >= 0.6 is 0 Å². The summed E-state index contributed by atoms with van der Waals surface area (Å²) in [6, 6.07) is 2.73. The third-order valence-electron chi connectivity index (χ3n) is 4.29. The summed E-state index contributed by atoms with van der Waals surface area (Å²) < 4.78 is 43.1. The first-order chi connectivity index (χ1) is 13.1. The van der Waals surface area contributed by atoms with E-state index in [9.17, 15) is 18.0 Å². The van der Waals surface area contributed by atoms with Gasteiger partial charge < -0.3 is 5.32 Å². The molecule has 3 heterocycles. The number of hydrogen-bond donors (Lipinski definition) is 1. The van der Waals surface area contributed by atoms with Crippen molar-refractivity contribution in [2.45, 2.75) is 53.4 Å². The van der Waals surface area contributed by atoms with Crippen molar-refractivity contribution in [3.8, 4) is 0 Å². The number of alkyl halides is 3. The molecule has 1 N–H and O–H groups in total. The Labute approximate surface area is 159 Å². The number of halogens is 3. The summed E-state index contributed by atoms with van der Waals surface area (Å²) in [7, 11) is 0. The van der Waals surface area contributed by atoms with Crippen LogP contribution in [0.1, 0.15) is 36.0 Å². The van der Waals surface area contributed by atoms with Crippen molar-refractivity contribution in [2.75, 3.05) is 5.32 Å². The molecule has 3 rings (SSSR count). The zero-order valence-corrected chi connectivity index (χ0v) is 16.1. The van der Waals surface area contributed by atoms with E-state index in [1.807, 2.05) is 13.8 Å². The Hall–Kier alpha value is -2.91. The van der Waals surface area contributed by atoms with Gasteiger partial charge in [0.1, 0.15) is 6.54 Å². The Morgan fingerprint density at radius 1 is 1.14 bits per heavy atom. The molecule has 0 saturated carbocycles. The normalized spacial score (nSPS) is 12.0. The Bertz CT molecular complexity index is 1030. The van der Waals surface area contributed by atoms with Gasteiger partial charge in [-0.1, -0.05) is 6.92 Å². The van der Waals surface area contributed by atoms with Crippen LogP contribution in [0.3, 0.4) is 0 Å². The van der Waals surface area contributed by atoms with Crippen molar-refractivity contribution in [1.29, 1.82) is 0 Å². The summed E-state index contributed by atoms with van der Waals surface area (Å²) in [6.07, 6.45) is -3.63. The highest BCUT2D eigenvalue weighted by Gasteiger charge is 2.35. The first-order valence-electron chi connectivity index (χ1n) is 8.86. The van der Waals surface area contributed by atoms with Gasteiger partial charge in [0.05, 0.1) is 16.6 Å². The summed E-state index contributed by atoms with van der Waals surface area (Å²) in [6.45, 7) is 7.32. The Kier molecular flexibility index (Phi) is 5.14. The molecule has 0 fully saturated rings. The van der Waals surface area contributed by atoms with E-state index in [1.54, 1.807) is 10.7 Å². The second kappa shape index (κ2) is 7.25. The monoisotopic (exact) mass is 394 g/mol. The van der Waals surface area contributed by atoms with Gasteiger partial charge in [0.25, 0.3) is 0 Å². The molecule has 28 heavy (non-hydrogen) atoms. The van der Waals surface area contributed by atoms with Crippen LogP contribution in [-0.4, -0.2) is 30.5 Å². The highest BCUT2D eigenvalue weighted by atomic mass is 19.4. The molecule has 0 aliphatic heterocycles. The van der Waals surface area contributed by atoms with Crippen molar-refractivity contribution in [2.24, 2.45) is 0 Å². The van der Waals surface area contributed by atoms with Crippen molar-refractivity contribution >= 4 is 22.8 Å². The molecule has 7 nitrogen and oxygen atoms in total. The minimum absolute atomic E-state index is 0.0349. The number of nitrogens with zero attached hydrogens (tertiary/aromatic N) is 5. The van der Waals surface area contributed by atoms with Gasteiger partial charge in [-0.15, -0.1) is 0 Å². The average molecular weight is 394 g/mol. The van der Waals surface area contributed by atoms with Crippen molar-refractivity contribution in [3.63, 3.8) is 0 Å². The zero-order chi connectivity index (χ0) is 20.6. The Morgan fingerprint density at radius 3 is 2.50 bits per heavy atom. The summed E-state index contributed by atoms with van der Waals surface area (Å²) in [5, 5.41) is 11.0. The lowest BCUT2D eigenvalue weighted by Gasteiger charge is -2.10. The van der Waals surface area contributed by atoms with E-state index in [-0.39, 0.29) is 29.0 Å². The molecular formula is C18H21F3N6O. The van der Waals surface area contributed by atoms with Crippen LogP contribution < -0.4 is 5.32 Å². The second-order valence-electron chi connectivity index (χ2n) is 6.69. The third kappa shape index (κ3) is 3.85. The third-order valence-corrected chi connectivity index (χ3v) is 4.29. The van der Waals surface area contributed by atoms with Gasteiger partial charge >= 0.3 is 6.18 Å².